The fraction of sp³-hybridized carbons (Fsp3) is 0.429. The molecule has 1 heterocycles. The third kappa shape index (κ3) is 5.33. The molecule has 2 N–H and O–H groups in total. The maximum absolute atomic E-state index is 13.3. The van der Waals surface area contributed by atoms with Gasteiger partial charge in [-0.25, -0.2) is 0 Å². The molecule has 1 saturated heterocycles. The van der Waals surface area contributed by atoms with Gasteiger partial charge in [0, 0.05) is 24.2 Å². The van der Waals surface area contributed by atoms with E-state index in [1.807, 2.05) is 46.7 Å². The van der Waals surface area contributed by atoms with Crippen molar-refractivity contribution in [3.63, 3.8) is 0 Å². The second kappa shape index (κ2) is 10.6. The number of likely N-dealkylation sites (tertiary alicyclic amines) is 1. The Morgan fingerprint density at radius 1 is 1.08 bits per heavy atom. The standard InChI is InChI=1S/C28H36N2O6/c1-8-36-21-11-10-18(15-19(21)28(2,3)4)25(32)23-24(17-9-12-22(35-7)20(31)16-17)30(14-13-29(5)6)27(34)26(23)33/h9-12,15-16,24,31-32H,8,13-14H2,1-7H3/b25-23-. The number of benzene rings is 2. The van der Waals surface area contributed by atoms with Crippen LogP contribution < -0.4 is 9.47 Å². The molecule has 0 bridgehead atoms. The van der Waals surface area contributed by atoms with Gasteiger partial charge in [-0.05, 0) is 62.3 Å². The average molecular weight is 497 g/mol. The van der Waals surface area contributed by atoms with Crippen LogP contribution in [0.25, 0.3) is 5.76 Å². The topological polar surface area (TPSA) is 99.5 Å². The number of rotatable bonds is 8. The number of carbonyl (C=O) groups is 2. The van der Waals surface area contributed by atoms with Crippen LogP contribution in [-0.4, -0.2) is 72.6 Å². The Bertz CT molecular complexity index is 1180. The van der Waals surface area contributed by atoms with Crippen molar-refractivity contribution in [1.82, 2.24) is 9.80 Å². The van der Waals surface area contributed by atoms with E-state index in [9.17, 15) is 19.8 Å². The number of phenols is 1. The van der Waals surface area contributed by atoms with Gasteiger partial charge in [0.05, 0.1) is 25.3 Å². The minimum absolute atomic E-state index is 0.0210. The number of ketones is 1. The average Bonchev–Trinajstić information content (AvgIpc) is 3.06. The van der Waals surface area contributed by atoms with Crippen molar-refractivity contribution in [3.8, 4) is 17.2 Å². The quantitative estimate of drug-likeness (QED) is 0.323. The van der Waals surface area contributed by atoms with Gasteiger partial charge in [-0.3, -0.25) is 9.59 Å². The van der Waals surface area contributed by atoms with E-state index in [1.165, 1.54) is 18.1 Å². The third-order valence-electron chi connectivity index (χ3n) is 6.21. The molecule has 36 heavy (non-hydrogen) atoms. The maximum atomic E-state index is 13.3. The summed E-state index contributed by atoms with van der Waals surface area (Å²) in [5.41, 5.74) is 1.47. The molecule has 194 valence electrons. The normalized spacial score (nSPS) is 17.7. The minimum atomic E-state index is -0.869. The van der Waals surface area contributed by atoms with Gasteiger partial charge >= 0.3 is 0 Å². The van der Waals surface area contributed by atoms with E-state index in [-0.39, 0.29) is 34.8 Å². The lowest BCUT2D eigenvalue weighted by molar-refractivity contribution is -0.140. The lowest BCUT2D eigenvalue weighted by Crippen LogP contribution is -2.35. The Kier molecular flexibility index (Phi) is 7.99. The van der Waals surface area contributed by atoms with Crippen LogP contribution in [0.5, 0.6) is 17.2 Å². The van der Waals surface area contributed by atoms with E-state index in [0.29, 0.717) is 30.0 Å². The highest BCUT2D eigenvalue weighted by molar-refractivity contribution is 6.46. The number of nitrogens with zero attached hydrogens (tertiary/aromatic N) is 2. The number of aliphatic hydroxyl groups is 1. The molecule has 0 saturated carbocycles. The van der Waals surface area contributed by atoms with Crippen LogP contribution in [-0.2, 0) is 15.0 Å². The predicted octanol–water partition coefficient (Wildman–Crippen LogP) is 4.08. The molecule has 2 aromatic carbocycles. The van der Waals surface area contributed by atoms with Crippen LogP contribution in [0.1, 0.15) is 50.4 Å². The summed E-state index contributed by atoms with van der Waals surface area (Å²) in [5, 5.41) is 21.9. The number of methoxy groups -OCH3 is 1. The number of likely N-dealkylation sites (N-methyl/N-ethyl adjacent to an activating group) is 1. The van der Waals surface area contributed by atoms with Gasteiger partial charge in [-0.2, -0.15) is 0 Å². The molecule has 3 rings (SSSR count). The van der Waals surface area contributed by atoms with Gasteiger partial charge in [-0.1, -0.05) is 26.8 Å². The van der Waals surface area contributed by atoms with Crippen molar-refractivity contribution < 1.29 is 29.3 Å². The van der Waals surface area contributed by atoms with Crippen LogP contribution in [0.2, 0.25) is 0 Å². The first kappa shape index (κ1) is 27.1. The van der Waals surface area contributed by atoms with Gasteiger partial charge in [0.1, 0.15) is 11.5 Å². The van der Waals surface area contributed by atoms with E-state index < -0.39 is 17.7 Å². The molecule has 0 spiro atoms. The summed E-state index contributed by atoms with van der Waals surface area (Å²) in [6.45, 7) is 9.29. The molecule has 1 unspecified atom stereocenters. The molecule has 2 aromatic rings. The molecule has 8 heteroatoms. The zero-order chi connectivity index (χ0) is 26.8. The van der Waals surface area contributed by atoms with Gasteiger partial charge in [-0.15, -0.1) is 0 Å². The Morgan fingerprint density at radius 2 is 1.75 bits per heavy atom. The van der Waals surface area contributed by atoms with E-state index >= 15 is 0 Å². The molecule has 0 radical (unpaired) electrons. The summed E-state index contributed by atoms with van der Waals surface area (Å²) in [6, 6.07) is 9.11. The summed E-state index contributed by atoms with van der Waals surface area (Å²) in [4.78, 5) is 29.8. The highest BCUT2D eigenvalue weighted by Gasteiger charge is 2.46. The smallest absolute Gasteiger partial charge is 0.295 e. The van der Waals surface area contributed by atoms with Gasteiger partial charge in [0.15, 0.2) is 11.5 Å². The predicted molar refractivity (Wildman–Crippen MR) is 139 cm³/mol. The van der Waals surface area contributed by atoms with E-state index in [1.54, 1.807) is 30.3 Å². The second-order valence-electron chi connectivity index (χ2n) is 10.1. The van der Waals surface area contributed by atoms with Crippen molar-refractivity contribution in [3.05, 3.63) is 58.7 Å². The number of ether oxygens (including phenoxy) is 2. The molecule has 0 aromatic heterocycles. The molecule has 1 aliphatic heterocycles. The van der Waals surface area contributed by atoms with Crippen molar-refractivity contribution >= 4 is 17.4 Å². The molecule has 1 aliphatic rings. The van der Waals surface area contributed by atoms with Crippen LogP contribution in [0.4, 0.5) is 0 Å². The number of aliphatic hydroxyl groups excluding tert-OH is 1. The number of hydrogen-bond acceptors (Lipinski definition) is 7. The van der Waals surface area contributed by atoms with Crippen LogP contribution in [0.3, 0.4) is 0 Å². The number of phenolic OH excluding ortho intramolecular Hbond substituents is 1. The first-order valence-electron chi connectivity index (χ1n) is 12.0. The van der Waals surface area contributed by atoms with Crippen molar-refractivity contribution in [2.45, 2.75) is 39.2 Å². The monoisotopic (exact) mass is 496 g/mol. The van der Waals surface area contributed by atoms with Gasteiger partial charge in [0.25, 0.3) is 11.7 Å². The zero-order valence-corrected chi connectivity index (χ0v) is 22.1. The van der Waals surface area contributed by atoms with Crippen LogP contribution in [0.15, 0.2) is 42.0 Å². The number of hydrogen-bond donors (Lipinski definition) is 2. The SMILES string of the molecule is CCOc1ccc(/C(O)=C2/C(=O)C(=O)N(CCN(C)C)C2c2ccc(OC)c(O)c2)cc1C(C)(C)C. The van der Waals surface area contributed by atoms with E-state index in [2.05, 4.69) is 0 Å². The fourth-order valence-electron chi connectivity index (χ4n) is 4.34. The summed E-state index contributed by atoms with van der Waals surface area (Å²) >= 11 is 0. The van der Waals surface area contributed by atoms with E-state index in [4.69, 9.17) is 9.47 Å². The molecular formula is C28H36N2O6. The Hall–Kier alpha value is -3.52. The minimum Gasteiger partial charge on any atom is -0.507 e. The highest BCUT2D eigenvalue weighted by Crippen LogP contribution is 2.42. The highest BCUT2D eigenvalue weighted by atomic mass is 16.5. The molecular weight excluding hydrogens is 460 g/mol. The summed E-state index contributed by atoms with van der Waals surface area (Å²) in [7, 11) is 5.19. The van der Waals surface area contributed by atoms with Gasteiger partial charge < -0.3 is 29.5 Å². The number of amides is 1. The molecule has 8 nitrogen and oxygen atoms in total. The van der Waals surface area contributed by atoms with Crippen LogP contribution >= 0.6 is 0 Å². The summed E-state index contributed by atoms with van der Waals surface area (Å²) < 4.78 is 10.9. The Balaban J connectivity index is 2.22. The lowest BCUT2D eigenvalue weighted by Gasteiger charge is -2.27. The van der Waals surface area contributed by atoms with Crippen molar-refractivity contribution in [2.24, 2.45) is 0 Å². The first-order valence-corrected chi connectivity index (χ1v) is 12.0. The first-order chi connectivity index (χ1) is 16.9. The third-order valence-corrected chi connectivity index (χ3v) is 6.21. The second-order valence-corrected chi connectivity index (χ2v) is 10.1. The van der Waals surface area contributed by atoms with Gasteiger partial charge in [0.2, 0.25) is 0 Å². The number of aromatic hydroxyl groups is 1. The Labute approximate surface area is 212 Å². The summed E-state index contributed by atoms with van der Waals surface area (Å²) in [5.74, 6) is -0.882. The number of carbonyl (C=O) groups excluding carboxylic acids is 2. The lowest BCUT2D eigenvalue weighted by atomic mass is 9.84. The van der Waals surface area contributed by atoms with Crippen molar-refractivity contribution in [2.75, 3.05) is 40.9 Å². The largest absolute Gasteiger partial charge is 0.507 e. The molecule has 1 fully saturated rings. The molecule has 1 atom stereocenters. The fourth-order valence-corrected chi connectivity index (χ4v) is 4.34. The Morgan fingerprint density at radius 3 is 2.31 bits per heavy atom. The van der Waals surface area contributed by atoms with E-state index in [0.717, 1.165) is 5.56 Å². The molecule has 0 aliphatic carbocycles. The molecule has 1 amide bonds. The zero-order valence-electron chi connectivity index (χ0n) is 22.1. The maximum Gasteiger partial charge on any atom is 0.295 e. The summed E-state index contributed by atoms with van der Waals surface area (Å²) in [6.07, 6.45) is 0. The number of Topliss-reactive ketones (excluding diaryl/α,β-unsaturated/α-hetero) is 1. The van der Waals surface area contributed by atoms with Crippen molar-refractivity contribution in [1.29, 1.82) is 0 Å². The van der Waals surface area contributed by atoms with Crippen LogP contribution in [0, 0.1) is 0 Å².